The lowest BCUT2D eigenvalue weighted by Gasteiger charge is -2.25. The minimum absolute atomic E-state index is 0.749. The van der Waals surface area contributed by atoms with Gasteiger partial charge in [-0.1, -0.05) is 0 Å². The van der Waals surface area contributed by atoms with Crippen LogP contribution in [0.15, 0.2) is 6.20 Å². The average Bonchev–Trinajstić information content (AvgIpc) is 3.36. The molecule has 0 N–H and O–H groups in total. The maximum atomic E-state index is 4.52. The van der Waals surface area contributed by atoms with Crippen LogP contribution in [0.5, 0.6) is 0 Å². The number of likely N-dealkylation sites (N-methyl/N-ethyl adjacent to an activating group) is 1. The van der Waals surface area contributed by atoms with Crippen molar-refractivity contribution in [2.24, 2.45) is 18.9 Å². The smallest absolute Gasteiger partial charge is 0.0537 e. The zero-order chi connectivity index (χ0) is 14.6. The number of hydrogen-bond donors (Lipinski definition) is 0. The van der Waals surface area contributed by atoms with Crippen LogP contribution in [-0.4, -0.2) is 52.8 Å². The van der Waals surface area contributed by atoms with Crippen LogP contribution in [0.25, 0.3) is 0 Å². The Morgan fingerprint density at radius 3 is 2.57 bits per heavy atom. The number of nitrogens with zero attached hydrogens (tertiary/aromatic N) is 4. The molecule has 1 aromatic rings. The van der Waals surface area contributed by atoms with Gasteiger partial charge in [-0.2, -0.15) is 5.10 Å². The van der Waals surface area contributed by atoms with Gasteiger partial charge < -0.3 is 4.90 Å². The van der Waals surface area contributed by atoms with E-state index in [-0.39, 0.29) is 0 Å². The minimum atomic E-state index is 0.749. The van der Waals surface area contributed by atoms with Crippen molar-refractivity contribution >= 4 is 0 Å². The van der Waals surface area contributed by atoms with Gasteiger partial charge in [0.05, 0.1) is 6.20 Å². The Hall–Kier alpha value is -0.870. The van der Waals surface area contributed by atoms with E-state index in [1.54, 1.807) is 0 Å². The van der Waals surface area contributed by atoms with Crippen molar-refractivity contribution in [2.45, 2.75) is 44.2 Å². The fourth-order valence-electron chi connectivity index (χ4n) is 4.30. The number of aromatic nitrogens is 2. The molecule has 1 saturated heterocycles. The summed E-state index contributed by atoms with van der Waals surface area (Å²) in [5, 5.41) is 4.52. The third-order valence-electron chi connectivity index (χ3n) is 5.72. The molecule has 4 rings (SSSR count). The van der Waals surface area contributed by atoms with Crippen molar-refractivity contribution in [2.75, 3.05) is 27.2 Å². The Labute approximate surface area is 128 Å². The monoisotopic (exact) mass is 288 g/mol. The van der Waals surface area contributed by atoms with Gasteiger partial charge in [0.15, 0.2) is 0 Å². The van der Waals surface area contributed by atoms with Gasteiger partial charge in [-0.05, 0) is 51.6 Å². The molecule has 3 aliphatic rings. The van der Waals surface area contributed by atoms with Crippen LogP contribution in [0.4, 0.5) is 0 Å². The predicted octanol–water partition coefficient (Wildman–Crippen LogP) is 2.07. The molecule has 0 aromatic carbocycles. The van der Waals surface area contributed by atoms with Gasteiger partial charge >= 0.3 is 0 Å². The summed E-state index contributed by atoms with van der Waals surface area (Å²) in [5.74, 6) is 2.68. The largest absolute Gasteiger partial charge is 0.305 e. The third-order valence-corrected chi connectivity index (χ3v) is 5.72. The zero-order valence-electron chi connectivity index (χ0n) is 13.6. The molecule has 1 aliphatic heterocycles. The highest BCUT2D eigenvalue weighted by atomic mass is 15.3. The number of aryl methyl sites for hydroxylation is 1. The normalized spacial score (nSPS) is 30.5. The second kappa shape index (κ2) is 5.10. The molecule has 21 heavy (non-hydrogen) atoms. The van der Waals surface area contributed by atoms with E-state index >= 15 is 0 Å². The average molecular weight is 288 g/mol. The van der Waals surface area contributed by atoms with Crippen LogP contribution < -0.4 is 0 Å². The Kier molecular flexibility index (Phi) is 3.34. The summed E-state index contributed by atoms with van der Waals surface area (Å²) >= 11 is 0. The number of likely N-dealkylation sites (tertiary alicyclic amines) is 1. The van der Waals surface area contributed by atoms with E-state index in [4.69, 9.17) is 0 Å². The van der Waals surface area contributed by atoms with E-state index in [1.165, 1.54) is 50.0 Å². The molecule has 2 aliphatic carbocycles. The highest BCUT2D eigenvalue weighted by molar-refractivity contribution is 5.25. The predicted molar refractivity (Wildman–Crippen MR) is 84.1 cm³/mol. The Morgan fingerprint density at radius 1 is 1.19 bits per heavy atom. The van der Waals surface area contributed by atoms with Gasteiger partial charge in [-0.15, -0.1) is 0 Å². The standard InChI is InChI=1S/C17H28N4/c1-19(2)16-11-21(10-15(16)12-4-5-12)9-14-8-18-20(3)17(14)13-6-7-13/h8,12-13,15-16H,4-7,9-11H2,1-3H3/t15-,16+/m1/s1. The highest BCUT2D eigenvalue weighted by Gasteiger charge is 2.43. The van der Waals surface area contributed by atoms with E-state index in [0.29, 0.717) is 0 Å². The minimum Gasteiger partial charge on any atom is -0.305 e. The summed E-state index contributed by atoms with van der Waals surface area (Å²) < 4.78 is 2.12. The van der Waals surface area contributed by atoms with Gasteiger partial charge in [-0.25, -0.2) is 0 Å². The lowest BCUT2D eigenvalue weighted by molar-refractivity contribution is 0.233. The van der Waals surface area contributed by atoms with Crippen LogP contribution >= 0.6 is 0 Å². The first-order chi connectivity index (χ1) is 10.1. The molecule has 116 valence electrons. The van der Waals surface area contributed by atoms with Crippen molar-refractivity contribution in [1.29, 1.82) is 0 Å². The second-order valence-corrected chi connectivity index (χ2v) is 7.68. The van der Waals surface area contributed by atoms with Crippen LogP contribution in [-0.2, 0) is 13.6 Å². The van der Waals surface area contributed by atoms with E-state index in [0.717, 1.165) is 30.3 Å². The summed E-state index contributed by atoms with van der Waals surface area (Å²) in [6.45, 7) is 3.62. The van der Waals surface area contributed by atoms with Crippen molar-refractivity contribution in [3.05, 3.63) is 17.5 Å². The van der Waals surface area contributed by atoms with E-state index in [9.17, 15) is 0 Å². The molecule has 0 amide bonds. The van der Waals surface area contributed by atoms with Gasteiger partial charge in [-0.3, -0.25) is 9.58 Å². The fraction of sp³-hybridized carbons (Fsp3) is 0.824. The first kappa shape index (κ1) is 13.8. The summed E-state index contributed by atoms with van der Waals surface area (Å²) in [6.07, 6.45) is 7.75. The van der Waals surface area contributed by atoms with Crippen molar-refractivity contribution in [3.8, 4) is 0 Å². The maximum absolute atomic E-state index is 4.52. The third kappa shape index (κ3) is 2.64. The molecule has 0 bridgehead atoms. The van der Waals surface area contributed by atoms with Crippen LogP contribution in [0.3, 0.4) is 0 Å². The van der Waals surface area contributed by atoms with Crippen molar-refractivity contribution < 1.29 is 0 Å². The summed E-state index contributed by atoms with van der Waals surface area (Å²) in [5.41, 5.74) is 2.99. The summed E-state index contributed by atoms with van der Waals surface area (Å²) in [7, 11) is 6.61. The molecule has 2 heterocycles. The topological polar surface area (TPSA) is 24.3 Å². The molecular weight excluding hydrogens is 260 g/mol. The maximum Gasteiger partial charge on any atom is 0.0537 e. The van der Waals surface area contributed by atoms with Crippen molar-refractivity contribution in [3.63, 3.8) is 0 Å². The molecule has 0 spiro atoms. The fourth-order valence-corrected chi connectivity index (χ4v) is 4.30. The highest BCUT2D eigenvalue weighted by Crippen LogP contribution is 2.44. The summed E-state index contributed by atoms with van der Waals surface area (Å²) in [4.78, 5) is 5.13. The molecule has 2 saturated carbocycles. The molecule has 4 nitrogen and oxygen atoms in total. The second-order valence-electron chi connectivity index (χ2n) is 7.68. The first-order valence-corrected chi connectivity index (χ1v) is 8.53. The van der Waals surface area contributed by atoms with Gasteiger partial charge in [0, 0.05) is 49.9 Å². The van der Waals surface area contributed by atoms with E-state index in [1.807, 2.05) is 0 Å². The Bertz CT molecular complexity index is 503. The molecule has 2 atom stereocenters. The Balaban J connectivity index is 1.48. The molecular formula is C17H28N4. The van der Waals surface area contributed by atoms with Gasteiger partial charge in [0.2, 0.25) is 0 Å². The van der Waals surface area contributed by atoms with E-state index < -0.39 is 0 Å². The molecule has 1 aromatic heterocycles. The molecule has 3 fully saturated rings. The summed E-state index contributed by atoms with van der Waals surface area (Å²) in [6, 6.07) is 0.749. The van der Waals surface area contributed by atoms with Gasteiger partial charge in [0.1, 0.15) is 0 Å². The van der Waals surface area contributed by atoms with Crippen LogP contribution in [0.1, 0.15) is 42.9 Å². The SMILES string of the molecule is CN(C)[C@H]1CN(Cc2cnn(C)c2C2CC2)C[C@@H]1C1CC1. The zero-order valence-corrected chi connectivity index (χ0v) is 13.6. The lowest BCUT2D eigenvalue weighted by Crippen LogP contribution is -2.36. The first-order valence-electron chi connectivity index (χ1n) is 8.53. The van der Waals surface area contributed by atoms with Crippen LogP contribution in [0.2, 0.25) is 0 Å². The van der Waals surface area contributed by atoms with Crippen LogP contribution in [0, 0.1) is 11.8 Å². The molecule has 4 heteroatoms. The number of hydrogen-bond acceptors (Lipinski definition) is 3. The van der Waals surface area contributed by atoms with Crippen molar-refractivity contribution in [1.82, 2.24) is 19.6 Å². The number of rotatable bonds is 5. The Morgan fingerprint density at radius 2 is 1.95 bits per heavy atom. The van der Waals surface area contributed by atoms with Gasteiger partial charge in [0.25, 0.3) is 0 Å². The molecule has 0 unspecified atom stereocenters. The molecule has 0 radical (unpaired) electrons. The van der Waals surface area contributed by atoms with E-state index in [2.05, 4.69) is 46.9 Å². The quantitative estimate of drug-likeness (QED) is 0.829. The lowest BCUT2D eigenvalue weighted by atomic mass is 9.97.